The lowest BCUT2D eigenvalue weighted by Gasteiger charge is -2.13. The van der Waals surface area contributed by atoms with E-state index in [1.165, 1.54) is 9.26 Å². The van der Waals surface area contributed by atoms with Crippen molar-refractivity contribution in [2.75, 3.05) is 7.11 Å². The van der Waals surface area contributed by atoms with Crippen LogP contribution in [0.4, 0.5) is 0 Å². The highest BCUT2D eigenvalue weighted by Crippen LogP contribution is 2.18. The molecule has 0 saturated carbocycles. The highest BCUT2D eigenvalue weighted by molar-refractivity contribution is 14.1. The van der Waals surface area contributed by atoms with Gasteiger partial charge in [0, 0.05) is 13.2 Å². The van der Waals surface area contributed by atoms with E-state index in [4.69, 9.17) is 4.74 Å². The summed E-state index contributed by atoms with van der Waals surface area (Å²) in [7, 11) is 1.71. The van der Waals surface area contributed by atoms with Crippen molar-refractivity contribution in [2.45, 2.75) is 32.9 Å². The van der Waals surface area contributed by atoms with Crippen LogP contribution < -0.4 is 0 Å². The van der Waals surface area contributed by atoms with E-state index in [0.29, 0.717) is 12.6 Å². The van der Waals surface area contributed by atoms with Crippen molar-refractivity contribution in [2.24, 2.45) is 0 Å². The van der Waals surface area contributed by atoms with Gasteiger partial charge < -0.3 is 4.74 Å². The van der Waals surface area contributed by atoms with Gasteiger partial charge in [0.25, 0.3) is 0 Å². The molecule has 4 heteroatoms. The van der Waals surface area contributed by atoms with Gasteiger partial charge in [-0.15, -0.1) is 0 Å². The third-order valence-corrected chi connectivity index (χ3v) is 3.04. The van der Waals surface area contributed by atoms with Crippen LogP contribution in [0, 0.1) is 3.57 Å². The van der Waals surface area contributed by atoms with E-state index in [9.17, 15) is 0 Å². The van der Waals surface area contributed by atoms with Gasteiger partial charge >= 0.3 is 0 Å². The van der Waals surface area contributed by atoms with E-state index in [2.05, 4.69) is 41.5 Å². The van der Waals surface area contributed by atoms with Crippen molar-refractivity contribution in [3.8, 4) is 0 Å². The molecule has 0 aromatic carbocycles. The van der Waals surface area contributed by atoms with Gasteiger partial charge in [0.05, 0.1) is 22.1 Å². The highest BCUT2D eigenvalue weighted by atomic mass is 127. The first kappa shape index (κ1) is 11.0. The lowest BCUT2D eigenvalue weighted by Crippen LogP contribution is -2.10. The van der Waals surface area contributed by atoms with Gasteiger partial charge in [0.2, 0.25) is 0 Å². The van der Waals surface area contributed by atoms with Crippen LogP contribution in [0.25, 0.3) is 0 Å². The van der Waals surface area contributed by atoms with E-state index >= 15 is 0 Å². The zero-order chi connectivity index (χ0) is 9.84. The van der Waals surface area contributed by atoms with E-state index in [1.807, 2.05) is 10.9 Å². The Bertz CT molecular complexity index is 273. The molecule has 0 N–H and O–H groups in total. The normalized spacial score (nSPS) is 13.2. The van der Waals surface area contributed by atoms with Crippen LogP contribution in [0.2, 0.25) is 0 Å². The van der Waals surface area contributed by atoms with E-state index in [-0.39, 0.29) is 0 Å². The molecule has 0 aliphatic carbocycles. The average molecular weight is 294 g/mol. The molecule has 1 aromatic heterocycles. The standard InChI is InChI=1S/C9H15IN2O/c1-4-7(2)12-9(6-13-3)8(10)5-11-12/h5,7H,4,6H2,1-3H3/t7-/m0/s1. The average Bonchev–Trinajstić information content (AvgIpc) is 2.48. The van der Waals surface area contributed by atoms with Crippen LogP contribution in [-0.4, -0.2) is 16.9 Å². The maximum atomic E-state index is 5.14. The monoisotopic (exact) mass is 294 g/mol. The van der Waals surface area contributed by atoms with Crippen LogP contribution in [0.5, 0.6) is 0 Å². The summed E-state index contributed by atoms with van der Waals surface area (Å²) in [5.74, 6) is 0. The molecule has 0 fully saturated rings. The first-order chi connectivity index (χ1) is 6.20. The molecule has 0 aliphatic heterocycles. The van der Waals surface area contributed by atoms with Crippen molar-refractivity contribution in [1.29, 1.82) is 0 Å². The SMILES string of the molecule is CC[C@H](C)n1ncc(I)c1COC. The number of rotatable bonds is 4. The predicted molar refractivity (Wildman–Crippen MR) is 60.7 cm³/mol. The van der Waals surface area contributed by atoms with Crippen molar-refractivity contribution < 1.29 is 4.74 Å². The molecule has 1 atom stereocenters. The fraction of sp³-hybridized carbons (Fsp3) is 0.667. The van der Waals surface area contributed by atoms with Crippen LogP contribution in [0.3, 0.4) is 0 Å². The molecule has 0 aliphatic rings. The Morgan fingerprint density at radius 1 is 1.69 bits per heavy atom. The number of nitrogens with zero attached hydrogens (tertiary/aromatic N) is 2. The predicted octanol–water partition coefficient (Wildman–Crippen LogP) is 2.61. The summed E-state index contributed by atoms with van der Waals surface area (Å²) >= 11 is 2.29. The molecule has 74 valence electrons. The number of aromatic nitrogens is 2. The molecule has 1 heterocycles. The summed E-state index contributed by atoms with van der Waals surface area (Å²) < 4.78 is 8.36. The van der Waals surface area contributed by atoms with Crippen LogP contribution >= 0.6 is 22.6 Å². The summed E-state index contributed by atoms with van der Waals surface area (Å²) in [5.41, 5.74) is 1.18. The molecule has 0 saturated heterocycles. The Kier molecular flexibility index (Phi) is 4.18. The number of methoxy groups -OCH3 is 1. The number of halogens is 1. The van der Waals surface area contributed by atoms with Crippen LogP contribution in [-0.2, 0) is 11.3 Å². The first-order valence-corrected chi connectivity index (χ1v) is 5.49. The van der Waals surface area contributed by atoms with Crippen molar-refractivity contribution >= 4 is 22.6 Å². The molecular weight excluding hydrogens is 279 g/mol. The molecule has 3 nitrogen and oxygen atoms in total. The van der Waals surface area contributed by atoms with E-state index in [1.54, 1.807) is 7.11 Å². The Balaban J connectivity index is 2.92. The van der Waals surface area contributed by atoms with E-state index < -0.39 is 0 Å². The Labute approximate surface area is 92.6 Å². The Hall–Kier alpha value is -0.100. The second kappa shape index (κ2) is 4.95. The molecule has 1 aromatic rings. The Morgan fingerprint density at radius 2 is 2.38 bits per heavy atom. The lowest BCUT2D eigenvalue weighted by atomic mass is 10.2. The lowest BCUT2D eigenvalue weighted by molar-refractivity contribution is 0.173. The van der Waals surface area contributed by atoms with Crippen molar-refractivity contribution in [3.63, 3.8) is 0 Å². The fourth-order valence-corrected chi connectivity index (χ4v) is 1.72. The van der Waals surface area contributed by atoms with Gasteiger partial charge in [-0.25, -0.2) is 0 Å². The molecule has 0 unspecified atom stereocenters. The maximum Gasteiger partial charge on any atom is 0.0891 e. The molecule has 13 heavy (non-hydrogen) atoms. The van der Waals surface area contributed by atoms with Gasteiger partial charge in [-0.1, -0.05) is 6.92 Å². The Morgan fingerprint density at radius 3 is 2.92 bits per heavy atom. The summed E-state index contributed by atoms with van der Waals surface area (Å²) in [5, 5.41) is 4.33. The zero-order valence-corrected chi connectivity index (χ0v) is 10.4. The summed E-state index contributed by atoms with van der Waals surface area (Å²) in [4.78, 5) is 0. The van der Waals surface area contributed by atoms with Crippen molar-refractivity contribution in [1.82, 2.24) is 9.78 Å². The van der Waals surface area contributed by atoms with E-state index in [0.717, 1.165) is 6.42 Å². The van der Waals surface area contributed by atoms with Gasteiger partial charge in [-0.05, 0) is 35.9 Å². The summed E-state index contributed by atoms with van der Waals surface area (Å²) in [6, 6.07) is 0.452. The smallest absolute Gasteiger partial charge is 0.0891 e. The fourth-order valence-electron chi connectivity index (χ4n) is 1.19. The highest BCUT2D eigenvalue weighted by Gasteiger charge is 2.11. The summed E-state index contributed by atoms with van der Waals surface area (Å²) in [6.45, 7) is 4.97. The molecule has 0 amide bonds. The molecule has 0 radical (unpaired) electrons. The topological polar surface area (TPSA) is 27.1 Å². The first-order valence-electron chi connectivity index (χ1n) is 4.41. The minimum atomic E-state index is 0.452. The molecule has 1 rings (SSSR count). The van der Waals surface area contributed by atoms with Gasteiger partial charge in [0.1, 0.15) is 0 Å². The van der Waals surface area contributed by atoms with Gasteiger partial charge in [-0.3, -0.25) is 4.68 Å². The van der Waals surface area contributed by atoms with Crippen LogP contribution in [0.15, 0.2) is 6.20 Å². The molecule has 0 spiro atoms. The summed E-state index contributed by atoms with van der Waals surface area (Å²) in [6.07, 6.45) is 2.98. The molecule has 0 bridgehead atoms. The minimum Gasteiger partial charge on any atom is -0.378 e. The third-order valence-electron chi connectivity index (χ3n) is 2.14. The largest absolute Gasteiger partial charge is 0.378 e. The van der Waals surface area contributed by atoms with Crippen molar-refractivity contribution in [3.05, 3.63) is 15.5 Å². The quantitative estimate of drug-likeness (QED) is 0.798. The zero-order valence-electron chi connectivity index (χ0n) is 8.25. The van der Waals surface area contributed by atoms with Gasteiger partial charge in [0.15, 0.2) is 0 Å². The minimum absolute atomic E-state index is 0.452. The third kappa shape index (κ3) is 2.43. The second-order valence-corrected chi connectivity index (χ2v) is 4.24. The van der Waals surface area contributed by atoms with Gasteiger partial charge in [-0.2, -0.15) is 5.10 Å². The molecular formula is C9H15IN2O. The second-order valence-electron chi connectivity index (χ2n) is 3.07. The number of ether oxygens (including phenoxy) is 1. The van der Waals surface area contributed by atoms with Crippen LogP contribution in [0.1, 0.15) is 32.0 Å². The number of hydrogen-bond donors (Lipinski definition) is 0. The number of hydrogen-bond acceptors (Lipinski definition) is 2. The maximum absolute atomic E-state index is 5.14.